The molecular weight excluding hydrogens is 326 g/mol. The highest BCUT2D eigenvalue weighted by atomic mass is 35.5. The number of ether oxygens (including phenoxy) is 1. The minimum absolute atomic E-state index is 0.275. The van der Waals surface area contributed by atoms with E-state index in [4.69, 9.17) is 16.3 Å². The number of morpholine rings is 1. The SMILES string of the molecule is OC(CN1CCOCC1)CN1CCN(Cc2cccc(Cl)c2)CC1. The number of hydrogen-bond acceptors (Lipinski definition) is 5. The van der Waals surface area contributed by atoms with Crippen LogP contribution in [0.4, 0.5) is 0 Å². The smallest absolute Gasteiger partial charge is 0.0793 e. The Labute approximate surface area is 149 Å². The third kappa shape index (κ3) is 5.69. The molecule has 1 aromatic carbocycles. The van der Waals surface area contributed by atoms with Crippen LogP contribution in [0.15, 0.2) is 24.3 Å². The van der Waals surface area contributed by atoms with E-state index in [-0.39, 0.29) is 6.10 Å². The fraction of sp³-hybridized carbons (Fsp3) is 0.667. The van der Waals surface area contributed by atoms with Crippen LogP contribution in [0.3, 0.4) is 0 Å². The van der Waals surface area contributed by atoms with E-state index in [1.165, 1.54) is 5.56 Å². The molecule has 2 fully saturated rings. The zero-order valence-electron chi connectivity index (χ0n) is 14.2. The van der Waals surface area contributed by atoms with Gasteiger partial charge in [-0.2, -0.15) is 0 Å². The van der Waals surface area contributed by atoms with Gasteiger partial charge >= 0.3 is 0 Å². The molecule has 2 aliphatic heterocycles. The normalized spacial score (nSPS) is 22.6. The summed E-state index contributed by atoms with van der Waals surface area (Å²) in [5.41, 5.74) is 1.27. The lowest BCUT2D eigenvalue weighted by Gasteiger charge is -2.36. The molecule has 2 saturated heterocycles. The van der Waals surface area contributed by atoms with Gasteiger partial charge in [0.1, 0.15) is 0 Å². The lowest BCUT2D eigenvalue weighted by Crippen LogP contribution is -2.50. The van der Waals surface area contributed by atoms with Crippen molar-refractivity contribution >= 4 is 11.6 Å². The summed E-state index contributed by atoms with van der Waals surface area (Å²) in [5, 5.41) is 11.1. The molecule has 1 N–H and O–H groups in total. The maximum Gasteiger partial charge on any atom is 0.0793 e. The summed E-state index contributed by atoms with van der Waals surface area (Å²) in [7, 11) is 0. The Morgan fingerprint density at radius 2 is 1.58 bits per heavy atom. The van der Waals surface area contributed by atoms with E-state index in [2.05, 4.69) is 20.8 Å². The van der Waals surface area contributed by atoms with E-state index in [1.54, 1.807) is 0 Å². The Kier molecular flexibility index (Phi) is 6.89. The third-order valence-corrected chi connectivity index (χ3v) is 5.04. The number of halogens is 1. The highest BCUT2D eigenvalue weighted by molar-refractivity contribution is 6.30. The van der Waals surface area contributed by atoms with E-state index in [0.29, 0.717) is 0 Å². The predicted octanol–water partition coefficient (Wildman–Crippen LogP) is 1.15. The Hall–Kier alpha value is -0.690. The summed E-state index contributed by atoms with van der Waals surface area (Å²) in [4.78, 5) is 7.12. The minimum Gasteiger partial charge on any atom is -0.390 e. The van der Waals surface area contributed by atoms with Crippen molar-refractivity contribution in [2.45, 2.75) is 12.6 Å². The lowest BCUT2D eigenvalue weighted by molar-refractivity contribution is 0.00218. The highest BCUT2D eigenvalue weighted by Gasteiger charge is 2.21. The molecule has 1 atom stereocenters. The van der Waals surface area contributed by atoms with E-state index in [9.17, 15) is 5.11 Å². The molecule has 0 saturated carbocycles. The number of hydrogen-bond donors (Lipinski definition) is 1. The van der Waals surface area contributed by atoms with Gasteiger partial charge in [0, 0.05) is 63.9 Å². The van der Waals surface area contributed by atoms with Crippen LogP contribution in [0.25, 0.3) is 0 Å². The van der Waals surface area contributed by atoms with Crippen LogP contribution in [-0.2, 0) is 11.3 Å². The summed E-state index contributed by atoms with van der Waals surface area (Å²) < 4.78 is 5.35. The Morgan fingerprint density at radius 1 is 0.958 bits per heavy atom. The first-order valence-electron chi connectivity index (χ1n) is 8.86. The van der Waals surface area contributed by atoms with E-state index < -0.39 is 0 Å². The number of benzene rings is 1. The average Bonchev–Trinajstić information content (AvgIpc) is 2.57. The van der Waals surface area contributed by atoms with Crippen molar-refractivity contribution in [2.75, 3.05) is 65.6 Å². The standard InChI is InChI=1S/C18H28ClN3O2/c19-17-3-1-2-16(12-17)13-20-4-6-21(7-5-20)14-18(23)15-22-8-10-24-11-9-22/h1-3,12,18,23H,4-11,13-15H2. The number of piperazine rings is 1. The molecule has 0 bridgehead atoms. The summed E-state index contributed by atoms with van der Waals surface area (Å²) in [6, 6.07) is 8.10. The molecule has 2 heterocycles. The Morgan fingerprint density at radius 3 is 2.25 bits per heavy atom. The highest BCUT2D eigenvalue weighted by Crippen LogP contribution is 2.14. The Bertz CT molecular complexity index is 503. The van der Waals surface area contributed by atoms with Crippen LogP contribution in [0.1, 0.15) is 5.56 Å². The lowest BCUT2D eigenvalue weighted by atomic mass is 10.2. The van der Waals surface area contributed by atoms with Crippen molar-refractivity contribution < 1.29 is 9.84 Å². The van der Waals surface area contributed by atoms with Crippen LogP contribution in [0, 0.1) is 0 Å². The maximum absolute atomic E-state index is 10.3. The van der Waals surface area contributed by atoms with E-state index in [0.717, 1.165) is 77.1 Å². The molecule has 0 radical (unpaired) electrons. The molecule has 0 aromatic heterocycles. The van der Waals surface area contributed by atoms with Gasteiger partial charge in [0.15, 0.2) is 0 Å². The van der Waals surface area contributed by atoms with Crippen molar-refractivity contribution in [1.29, 1.82) is 0 Å². The number of rotatable bonds is 6. The quantitative estimate of drug-likeness (QED) is 0.830. The molecule has 0 aliphatic carbocycles. The zero-order chi connectivity index (χ0) is 16.8. The van der Waals surface area contributed by atoms with Crippen molar-refractivity contribution in [1.82, 2.24) is 14.7 Å². The van der Waals surface area contributed by atoms with Gasteiger partial charge in [0.05, 0.1) is 19.3 Å². The van der Waals surface area contributed by atoms with Crippen LogP contribution >= 0.6 is 11.6 Å². The van der Waals surface area contributed by atoms with Crippen molar-refractivity contribution in [2.24, 2.45) is 0 Å². The van der Waals surface area contributed by atoms with Gasteiger partial charge in [-0.25, -0.2) is 0 Å². The van der Waals surface area contributed by atoms with Gasteiger partial charge < -0.3 is 9.84 Å². The number of aliphatic hydroxyl groups is 1. The average molecular weight is 354 g/mol. The second kappa shape index (κ2) is 9.13. The van der Waals surface area contributed by atoms with Crippen LogP contribution in [0.2, 0.25) is 5.02 Å². The van der Waals surface area contributed by atoms with Gasteiger partial charge in [0.25, 0.3) is 0 Å². The van der Waals surface area contributed by atoms with Gasteiger partial charge in [-0.3, -0.25) is 14.7 Å². The van der Waals surface area contributed by atoms with Crippen LogP contribution < -0.4 is 0 Å². The molecule has 24 heavy (non-hydrogen) atoms. The first-order valence-corrected chi connectivity index (χ1v) is 9.24. The van der Waals surface area contributed by atoms with E-state index in [1.807, 2.05) is 18.2 Å². The van der Waals surface area contributed by atoms with Gasteiger partial charge in [-0.05, 0) is 17.7 Å². The number of nitrogens with zero attached hydrogens (tertiary/aromatic N) is 3. The summed E-state index contributed by atoms with van der Waals surface area (Å²) >= 11 is 6.06. The summed E-state index contributed by atoms with van der Waals surface area (Å²) in [6.45, 7) is 10.0. The van der Waals surface area contributed by atoms with Gasteiger partial charge in [-0.1, -0.05) is 23.7 Å². The first-order chi connectivity index (χ1) is 11.7. The first kappa shape index (κ1) is 18.1. The molecule has 5 nitrogen and oxygen atoms in total. The monoisotopic (exact) mass is 353 g/mol. The van der Waals surface area contributed by atoms with Crippen molar-refractivity contribution in [3.05, 3.63) is 34.9 Å². The van der Waals surface area contributed by atoms with Gasteiger partial charge in [0.2, 0.25) is 0 Å². The maximum atomic E-state index is 10.3. The van der Waals surface area contributed by atoms with Crippen LogP contribution in [-0.4, -0.2) is 91.5 Å². The second-order valence-electron chi connectivity index (χ2n) is 6.77. The summed E-state index contributed by atoms with van der Waals surface area (Å²) in [5.74, 6) is 0. The molecule has 6 heteroatoms. The van der Waals surface area contributed by atoms with E-state index >= 15 is 0 Å². The molecule has 1 unspecified atom stereocenters. The molecule has 2 aliphatic rings. The van der Waals surface area contributed by atoms with Crippen LogP contribution in [0.5, 0.6) is 0 Å². The molecule has 0 amide bonds. The number of aliphatic hydroxyl groups excluding tert-OH is 1. The van der Waals surface area contributed by atoms with Crippen molar-refractivity contribution in [3.63, 3.8) is 0 Å². The predicted molar refractivity (Wildman–Crippen MR) is 96.4 cm³/mol. The zero-order valence-corrected chi connectivity index (χ0v) is 15.0. The molecule has 0 spiro atoms. The fourth-order valence-electron chi connectivity index (χ4n) is 3.46. The summed E-state index contributed by atoms with van der Waals surface area (Å²) in [6.07, 6.45) is -0.275. The molecule has 134 valence electrons. The van der Waals surface area contributed by atoms with Gasteiger partial charge in [-0.15, -0.1) is 0 Å². The minimum atomic E-state index is -0.275. The Balaban J connectivity index is 1.37. The molecule has 3 rings (SSSR count). The topological polar surface area (TPSA) is 39.2 Å². The van der Waals surface area contributed by atoms with Crippen molar-refractivity contribution in [3.8, 4) is 0 Å². The largest absolute Gasteiger partial charge is 0.390 e. The molecular formula is C18H28ClN3O2. The second-order valence-corrected chi connectivity index (χ2v) is 7.21. The fourth-order valence-corrected chi connectivity index (χ4v) is 3.67. The number of β-amino-alcohol motifs (C(OH)–C–C–N with tert-alkyl or cyclic N) is 1. The third-order valence-electron chi connectivity index (χ3n) is 4.80. The molecule has 1 aromatic rings.